The number of hydrogen-bond acceptors (Lipinski definition) is 6. The fourth-order valence-electron chi connectivity index (χ4n) is 1.78. The van der Waals surface area contributed by atoms with Crippen molar-refractivity contribution < 1.29 is 0 Å². The molecule has 1 aliphatic rings. The van der Waals surface area contributed by atoms with E-state index < -0.39 is 0 Å². The molecule has 16 heavy (non-hydrogen) atoms. The van der Waals surface area contributed by atoms with Gasteiger partial charge in [-0.1, -0.05) is 0 Å². The number of hydrogen-bond donors (Lipinski definition) is 1. The second kappa shape index (κ2) is 4.25. The van der Waals surface area contributed by atoms with Crippen molar-refractivity contribution in [3.63, 3.8) is 0 Å². The van der Waals surface area contributed by atoms with Gasteiger partial charge < -0.3 is 5.32 Å². The normalized spacial score (nSPS) is 17.8. The molecule has 2 aromatic rings. The summed E-state index contributed by atoms with van der Waals surface area (Å²) in [6.07, 6.45) is 2.39. The molecule has 0 aromatic carbocycles. The molecule has 1 N–H and O–H groups in total. The first-order valence-electron chi connectivity index (χ1n) is 5.31. The van der Waals surface area contributed by atoms with Gasteiger partial charge in [-0.2, -0.15) is 11.8 Å². The van der Waals surface area contributed by atoms with Crippen LogP contribution in [0, 0.1) is 0 Å². The van der Waals surface area contributed by atoms with Crippen LogP contribution in [0.15, 0.2) is 12.1 Å². The molecule has 3 rings (SSSR count). The number of nitrogens with zero attached hydrogens (tertiary/aromatic N) is 5. The third-order valence-electron chi connectivity index (χ3n) is 2.64. The van der Waals surface area contributed by atoms with E-state index in [1.54, 1.807) is 0 Å². The fraction of sp³-hybridized carbons (Fsp3) is 0.556. The maximum Gasteiger partial charge on any atom is 0.200 e. The molecule has 0 unspecified atom stereocenters. The third-order valence-corrected chi connectivity index (χ3v) is 3.69. The number of aromatic nitrogens is 5. The molecule has 0 radical (unpaired) electrons. The second-order valence-corrected chi connectivity index (χ2v) is 5.00. The molecule has 6 nitrogen and oxygen atoms in total. The van der Waals surface area contributed by atoms with Gasteiger partial charge in [0.15, 0.2) is 5.65 Å². The standard InChI is InChI=1S/C9H12N6S/c1-2-9-11-13-14-15(9)12-8(1)10-7-3-5-16-6-4-7/h1-2,7H,3-6H2,(H,10,12). The van der Waals surface area contributed by atoms with Crippen LogP contribution < -0.4 is 5.32 Å². The van der Waals surface area contributed by atoms with Crippen molar-refractivity contribution in [3.05, 3.63) is 12.1 Å². The zero-order valence-electron chi connectivity index (χ0n) is 8.70. The second-order valence-electron chi connectivity index (χ2n) is 3.78. The molecule has 7 heteroatoms. The number of rotatable bonds is 2. The molecular formula is C9H12N6S. The Morgan fingerprint density at radius 2 is 2.19 bits per heavy atom. The third kappa shape index (κ3) is 1.95. The predicted molar refractivity (Wildman–Crippen MR) is 62.5 cm³/mol. The van der Waals surface area contributed by atoms with Crippen LogP contribution in [0.25, 0.3) is 5.65 Å². The van der Waals surface area contributed by atoms with Gasteiger partial charge in [-0.3, -0.25) is 0 Å². The van der Waals surface area contributed by atoms with Crippen LogP contribution in [0.4, 0.5) is 5.82 Å². The van der Waals surface area contributed by atoms with Gasteiger partial charge in [0.2, 0.25) is 0 Å². The van der Waals surface area contributed by atoms with Crippen molar-refractivity contribution in [1.29, 1.82) is 0 Å². The molecule has 1 saturated heterocycles. The summed E-state index contributed by atoms with van der Waals surface area (Å²) in [5, 5.41) is 18.9. The highest BCUT2D eigenvalue weighted by atomic mass is 32.2. The van der Waals surface area contributed by atoms with Crippen LogP contribution in [-0.2, 0) is 0 Å². The van der Waals surface area contributed by atoms with E-state index in [1.807, 2.05) is 23.9 Å². The van der Waals surface area contributed by atoms with Crippen LogP contribution in [0.1, 0.15) is 12.8 Å². The van der Waals surface area contributed by atoms with E-state index in [9.17, 15) is 0 Å². The van der Waals surface area contributed by atoms with E-state index in [2.05, 4.69) is 25.9 Å². The van der Waals surface area contributed by atoms with E-state index >= 15 is 0 Å². The van der Waals surface area contributed by atoms with Crippen molar-refractivity contribution in [3.8, 4) is 0 Å². The Bertz CT molecular complexity index is 478. The quantitative estimate of drug-likeness (QED) is 0.833. The topological polar surface area (TPSA) is 68.0 Å². The molecule has 3 heterocycles. The molecule has 0 aliphatic carbocycles. The minimum atomic E-state index is 0.530. The van der Waals surface area contributed by atoms with Gasteiger partial charge in [0, 0.05) is 6.04 Å². The Kier molecular flexibility index (Phi) is 2.61. The van der Waals surface area contributed by atoms with Crippen LogP contribution in [-0.4, -0.2) is 42.8 Å². The SMILES string of the molecule is c1cc2nnnn2nc1NC1CCSCC1. The minimum Gasteiger partial charge on any atom is -0.366 e. The van der Waals surface area contributed by atoms with Gasteiger partial charge in [0.05, 0.1) is 0 Å². The van der Waals surface area contributed by atoms with Crippen molar-refractivity contribution in [2.75, 3.05) is 16.8 Å². The summed E-state index contributed by atoms with van der Waals surface area (Å²) in [6.45, 7) is 0. The summed E-state index contributed by atoms with van der Waals surface area (Å²) in [7, 11) is 0. The summed E-state index contributed by atoms with van der Waals surface area (Å²) >= 11 is 2.02. The molecule has 2 aromatic heterocycles. The lowest BCUT2D eigenvalue weighted by Crippen LogP contribution is -2.25. The minimum absolute atomic E-state index is 0.530. The maximum absolute atomic E-state index is 4.29. The molecule has 1 fully saturated rings. The van der Waals surface area contributed by atoms with Crippen LogP contribution >= 0.6 is 11.8 Å². The molecule has 84 valence electrons. The van der Waals surface area contributed by atoms with Crippen molar-refractivity contribution in [1.82, 2.24) is 25.3 Å². The van der Waals surface area contributed by atoms with Gasteiger partial charge in [0.25, 0.3) is 0 Å². The lowest BCUT2D eigenvalue weighted by molar-refractivity contribution is 0.654. The lowest BCUT2D eigenvalue weighted by Gasteiger charge is -2.22. The smallest absolute Gasteiger partial charge is 0.200 e. The lowest BCUT2D eigenvalue weighted by atomic mass is 10.1. The van der Waals surface area contributed by atoms with Crippen LogP contribution in [0.5, 0.6) is 0 Å². The van der Waals surface area contributed by atoms with Gasteiger partial charge in [0.1, 0.15) is 5.82 Å². The Hall–Kier alpha value is -1.37. The Balaban J connectivity index is 1.77. The molecule has 0 spiro atoms. The average Bonchev–Trinajstić information content (AvgIpc) is 2.77. The van der Waals surface area contributed by atoms with Crippen molar-refractivity contribution in [2.45, 2.75) is 18.9 Å². The van der Waals surface area contributed by atoms with Crippen LogP contribution in [0.3, 0.4) is 0 Å². The number of tetrazole rings is 1. The molecule has 0 saturated carbocycles. The average molecular weight is 236 g/mol. The summed E-state index contributed by atoms with van der Waals surface area (Å²) in [6, 6.07) is 4.32. The molecule has 0 amide bonds. The molecule has 1 aliphatic heterocycles. The summed E-state index contributed by atoms with van der Waals surface area (Å²) in [4.78, 5) is 0. The number of anilines is 1. The van der Waals surface area contributed by atoms with Gasteiger partial charge in [-0.15, -0.1) is 14.8 Å². The zero-order valence-corrected chi connectivity index (χ0v) is 9.52. The number of thioether (sulfide) groups is 1. The van der Waals surface area contributed by atoms with Crippen molar-refractivity contribution in [2.24, 2.45) is 0 Å². The van der Waals surface area contributed by atoms with E-state index in [0.29, 0.717) is 11.7 Å². The van der Waals surface area contributed by atoms with E-state index in [0.717, 1.165) is 5.82 Å². The molecule has 0 bridgehead atoms. The van der Waals surface area contributed by atoms with Crippen LogP contribution in [0.2, 0.25) is 0 Å². The monoisotopic (exact) mass is 236 g/mol. The Morgan fingerprint density at radius 3 is 3.06 bits per heavy atom. The highest BCUT2D eigenvalue weighted by Gasteiger charge is 2.14. The fourth-order valence-corrected chi connectivity index (χ4v) is 2.88. The number of fused-ring (bicyclic) bond motifs is 1. The summed E-state index contributed by atoms with van der Waals surface area (Å²) < 4.78 is 1.44. The van der Waals surface area contributed by atoms with Crippen molar-refractivity contribution >= 4 is 23.2 Å². The highest BCUT2D eigenvalue weighted by Crippen LogP contribution is 2.19. The summed E-state index contributed by atoms with van der Waals surface area (Å²) in [5.74, 6) is 3.30. The molecule has 0 atom stereocenters. The summed E-state index contributed by atoms with van der Waals surface area (Å²) in [5.41, 5.74) is 0.671. The highest BCUT2D eigenvalue weighted by molar-refractivity contribution is 7.99. The largest absolute Gasteiger partial charge is 0.366 e. The molecular weight excluding hydrogens is 224 g/mol. The van der Waals surface area contributed by atoms with Gasteiger partial charge >= 0.3 is 0 Å². The Morgan fingerprint density at radius 1 is 1.31 bits per heavy atom. The first kappa shape index (κ1) is 9.83. The number of nitrogens with one attached hydrogen (secondary N) is 1. The maximum atomic E-state index is 4.29. The Labute approximate surface area is 96.8 Å². The predicted octanol–water partition coefficient (Wildman–Crippen LogP) is 0.827. The van der Waals surface area contributed by atoms with E-state index in [1.165, 1.54) is 29.0 Å². The first-order chi connectivity index (χ1) is 7.92. The van der Waals surface area contributed by atoms with E-state index in [-0.39, 0.29) is 0 Å². The van der Waals surface area contributed by atoms with Gasteiger partial charge in [-0.05, 0) is 46.9 Å². The first-order valence-corrected chi connectivity index (χ1v) is 6.47. The van der Waals surface area contributed by atoms with Gasteiger partial charge in [-0.25, -0.2) is 0 Å². The zero-order chi connectivity index (χ0) is 10.8. The van der Waals surface area contributed by atoms with E-state index in [4.69, 9.17) is 0 Å².